The molecule has 0 spiro atoms. The molecule has 9 rings (SSSR count). The molecule has 0 amide bonds. The summed E-state index contributed by atoms with van der Waals surface area (Å²) in [6.07, 6.45) is 0. The fourth-order valence-corrected chi connectivity index (χ4v) is 6.65. The lowest BCUT2D eigenvalue weighted by atomic mass is 9.96. The fraction of sp³-hybridized carbons (Fsp3) is 0. The lowest BCUT2D eigenvalue weighted by Crippen LogP contribution is -2.06. The Bertz CT molecular complexity index is 2530. The Hall–Kier alpha value is -6.65. The van der Waals surface area contributed by atoms with Crippen molar-refractivity contribution >= 4 is 21.8 Å². The van der Waals surface area contributed by atoms with E-state index in [1.54, 1.807) is 0 Å². The van der Waals surface area contributed by atoms with Gasteiger partial charge in [-0.3, -0.25) is 4.57 Å². The van der Waals surface area contributed by atoms with Gasteiger partial charge in [0, 0.05) is 21.9 Å². The third-order valence-corrected chi connectivity index (χ3v) is 9.08. The van der Waals surface area contributed by atoms with E-state index in [9.17, 15) is 0 Å². The van der Waals surface area contributed by atoms with Gasteiger partial charge in [-0.05, 0) is 57.6 Å². The second-order valence-electron chi connectivity index (χ2n) is 12.1. The molecule has 0 aliphatic carbocycles. The van der Waals surface area contributed by atoms with Crippen molar-refractivity contribution in [2.24, 2.45) is 0 Å². The molecule has 9 aromatic rings. The van der Waals surface area contributed by atoms with Crippen molar-refractivity contribution in [2.75, 3.05) is 0 Å². The van der Waals surface area contributed by atoms with Crippen molar-refractivity contribution in [3.8, 4) is 62.1 Å². The lowest BCUT2D eigenvalue weighted by Gasteiger charge is -2.12. The standard InChI is InChI=1S/C45H30N4/c1-3-13-31(14-4-1)32-25-27-33(28-26-32)35-17-11-18-36(29-35)37-19-12-20-38(30-37)44-46-43(34-15-5-2-6-16-34)47-45(48-44)49-41-23-9-7-21-39(41)40-22-8-10-24-42(40)49/h1-30H. The predicted molar refractivity (Wildman–Crippen MR) is 201 cm³/mol. The monoisotopic (exact) mass is 626 g/mol. The Morgan fingerprint density at radius 2 is 0.673 bits per heavy atom. The minimum Gasteiger partial charge on any atom is -0.278 e. The third kappa shape index (κ3) is 5.35. The third-order valence-electron chi connectivity index (χ3n) is 9.08. The van der Waals surface area contributed by atoms with E-state index in [0.717, 1.165) is 44.1 Å². The number of fused-ring (bicyclic) bond motifs is 3. The SMILES string of the molecule is c1ccc(-c2ccc(-c3cccc(-c4cccc(-c5nc(-c6ccccc6)nc(-n6c7ccccc7c7ccccc76)n5)c4)c3)cc2)cc1. The molecule has 0 atom stereocenters. The number of nitrogens with zero attached hydrogens (tertiary/aromatic N) is 4. The summed E-state index contributed by atoms with van der Waals surface area (Å²) < 4.78 is 2.15. The zero-order valence-corrected chi connectivity index (χ0v) is 26.6. The molecule has 0 N–H and O–H groups in total. The lowest BCUT2D eigenvalue weighted by molar-refractivity contribution is 0.953. The second-order valence-corrected chi connectivity index (χ2v) is 12.1. The molecule has 4 nitrogen and oxygen atoms in total. The van der Waals surface area contributed by atoms with Crippen LogP contribution in [0.1, 0.15) is 0 Å². The van der Waals surface area contributed by atoms with Crippen LogP contribution >= 0.6 is 0 Å². The first-order valence-corrected chi connectivity index (χ1v) is 16.5. The van der Waals surface area contributed by atoms with Gasteiger partial charge in [0.15, 0.2) is 11.6 Å². The quantitative estimate of drug-likeness (QED) is 0.184. The van der Waals surface area contributed by atoms with Crippen LogP contribution in [0.4, 0.5) is 0 Å². The number of aromatic nitrogens is 4. The van der Waals surface area contributed by atoms with Gasteiger partial charge in [-0.2, -0.15) is 9.97 Å². The zero-order valence-electron chi connectivity index (χ0n) is 26.6. The average Bonchev–Trinajstić information content (AvgIpc) is 3.53. The van der Waals surface area contributed by atoms with Gasteiger partial charge in [-0.25, -0.2) is 4.98 Å². The molecule has 0 unspecified atom stereocenters. The maximum absolute atomic E-state index is 5.15. The highest BCUT2D eigenvalue weighted by Gasteiger charge is 2.17. The molecule has 2 heterocycles. The van der Waals surface area contributed by atoms with E-state index in [-0.39, 0.29) is 0 Å². The van der Waals surface area contributed by atoms with Gasteiger partial charge in [0.25, 0.3) is 0 Å². The van der Waals surface area contributed by atoms with Crippen molar-refractivity contribution < 1.29 is 0 Å². The van der Waals surface area contributed by atoms with Crippen LogP contribution in [0, 0.1) is 0 Å². The molecule has 0 saturated heterocycles. The molecule has 7 aromatic carbocycles. The average molecular weight is 627 g/mol. The van der Waals surface area contributed by atoms with E-state index >= 15 is 0 Å². The highest BCUT2D eigenvalue weighted by Crippen LogP contribution is 2.34. The first-order valence-electron chi connectivity index (χ1n) is 16.5. The van der Waals surface area contributed by atoms with E-state index in [0.29, 0.717) is 17.6 Å². The van der Waals surface area contributed by atoms with E-state index in [2.05, 4.69) is 150 Å². The highest BCUT2D eigenvalue weighted by atomic mass is 15.2. The van der Waals surface area contributed by atoms with Crippen LogP contribution in [0.25, 0.3) is 83.9 Å². The summed E-state index contributed by atoms with van der Waals surface area (Å²) in [5.41, 5.74) is 11.0. The van der Waals surface area contributed by atoms with Gasteiger partial charge < -0.3 is 0 Å². The number of hydrogen-bond acceptors (Lipinski definition) is 3. The van der Waals surface area contributed by atoms with Gasteiger partial charge >= 0.3 is 0 Å². The van der Waals surface area contributed by atoms with Crippen LogP contribution in [0.3, 0.4) is 0 Å². The molecular formula is C45H30N4. The van der Waals surface area contributed by atoms with Crippen LogP contribution in [0.2, 0.25) is 0 Å². The van der Waals surface area contributed by atoms with E-state index in [1.165, 1.54) is 22.3 Å². The van der Waals surface area contributed by atoms with Crippen molar-refractivity contribution in [2.45, 2.75) is 0 Å². The Morgan fingerprint density at radius 1 is 0.286 bits per heavy atom. The van der Waals surface area contributed by atoms with Crippen molar-refractivity contribution in [3.63, 3.8) is 0 Å². The minimum absolute atomic E-state index is 0.590. The van der Waals surface area contributed by atoms with Crippen LogP contribution in [0.15, 0.2) is 182 Å². The van der Waals surface area contributed by atoms with E-state index < -0.39 is 0 Å². The molecule has 4 heteroatoms. The molecule has 0 saturated carbocycles. The Kier molecular flexibility index (Phi) is 7.10. The minimum atomic E-state index is 0.590. The van der Waals surface area contributed by atoms with E-state index in [4.69, 9.17) is 15.0 Å². The number of rotatable bonds is 6. The molecule has 49 heavy (non-hydrogen) atoms. The molecule has 230 valence electrons. The van der Waals surface area contributed by atoms with Gasteiger partial charge in [0.05, 0.1) is 11.0 Å². The van der Waals surface area contributed by atoms with Gasteiger partial charge in [0.1, 0.15) is 0 Å². The van der Waals surface area contributed by atoms with Crippen LogP contribution in [0.5, 0.6) is 0 Å². The van der Waals surface area contributed by atoms with Gasteiger partial charge in [-0.15, -0.1) is 0 Å². The molecule has 0 radical (unpaired) electrons. The van der Waals surface area contributed by atoms with Crippen LogP contribution < -0.4 is 0 Å². The summed E-state index contributed by atoms with van der Waals surface area (Å²) in [6, 6.07) is 63.4. The Morgan fingerprint density at radius 3 is 1.27 bits per heavy atom. The maximum Gasteiger partial charge on any atom is 0.238 e. The van der Waals surface area contributed by atoms with Crippen molar-refractivity contribution in [1.82, 2.24) is 19.5 Å². The molecule has 2 aromatic heterocycles. The van der Waals surface area contributed by atoms with Gasteiger partial charge in [-0.1, -0.05) is 158 Å². The van der Waals surface area contributed by atoms with Crippen molar-refractivity contribution in [3.05, 3.63) is 182 Å². The summed E-state index contributed by atoms with van der Waals surface area (Å²) >= 11 is 0. The smallest absolute Gasteiger partial charge is 0.238 e. The van der Waals surface area contributed by atoms with Crippen molar-refractivity contribution in [1.29, 1.82) is 0 Å². The maximum atomic E-state index is 5.15. The molecule has 0 aliphatic heterocycles. The normalized spacial score (nSPS) is 11.3. The number of hydrogen-bond donors (Lipinski definition) is 0. The second kappa shape index (κ2) is 12.2. The largest absolute Gasteiger partial charge is 0.278 e. The first kappa shape index (κ1) is 28.6. The Labute approximate surface area is 284 Å². The van der Waals surface area contributed by atoms with Crippen LogP contribution in [-0.4, -0.2) is 19.5 Å². The highest BCUT2D eigenvalue weighted by molar-refractivity contribution is 6.09. The predicted octanol–water partition coefficient (Wildman–Crippen LogP) is 11.3. The summed E-state index contributed by atoms with van der Waals surface area (Å²) in [4.78, 5) is 15.3. The molecule has 0 bridgehead atoms. The Balaban J connectivity index is 1.14. The summed E-state index contributed by atoms with van der Waals surface area (Å²) in [5, 5.41) is 2.33. The summed E-state index contributed by atoms with van der Waals surface area (Å²) in [7, 11) is 0. The topological polar surface area (TPSA) is 43.6 Å². The van der Waals surface area contributed by atoms with Gasteiger partial charge in [0.2, 0.25) is 5.95 Å². The molecule has 0 fully saturated rings. The first-order chi connectivity index (χ1) is 24.3. The van der Waals surface area contributed by atoms with Crippen LogP contribution in [-0.2, 0) is 0 Å². The van der Waals surface area contributed by atoms with E-state index in [1.807, 2.05) is 36.4 Å². The summed E-state index contributed by atoms with van der Waals surface area (Å²) in [6.45, 7) is 0. The fourth-order valence-electron chi connectivity index (χ4n) is 6.65. The summed E-state index contributed by atoms with van der Waals surface area (Å²) in [5.74, 6) is 1.85. The zero-order chi connectivity index (χ0) is 32.6. The number of benzene rings is 7. The number of para-hydroxylation sites is 2. The molecular weight excluding hydrogens is 597 g/mol. The molecule has 0 aliphatic rings.